The van der Waals surface area contributed by atoms with Gasteiger partial charge in [-0.2, -0.15) is 0 Å². The first-order chi connectivity index (χ1) is 10.2. The van der Waals surface area contributed by atoms with Gasteiger partial charge in [-0.15, -0.1) is 0 Å². The molecule has 2 aromatic heterocycles. The molecule has 0 aromatic carbocycles. The molecule has 1 fully saturated rings. The van der Waals surface area contributed by atoms with Gasteiger partial charge in [0, 0.05) is 4.91 Å². The van der Waals surface area contributed by atoms with E-state index in [1.807, 2.05) is 0 Å². The number of aliphatic hydroxyl groups excluding tert-OH is 1. The largest absolute Gasteiger partial charge is 0.394 e. The van der Waals surface area contributed by atoms with Crippen molar-refractivity contribution < 1.29 is 14.2 Å². The molecule has 0 radical (unpaired) electrons. The Kier molecular flexibility index (Phi) is 3.29. The summed E-state index contributed by atoms with van der Waals surface area (Å²) in [6, 6.07) is -1.14. The van der Waals surface area contributed by atoms with Crippen LogP contribution in [0.3, 0.4) is 0 Å². The number of rotatable bonds is 3. The van der Waals surface area contributed by atoms with Gasteiger partial charge in [-0.1, -0.05) is 5.11 Å². The average Bonchev–Trinajstić information content (AvgIpc) is 3.03. The number of nitrogens with two attached hydrogens (primary N) is 1. The molecule has 3 N–H and O–H groups in total. The van der Waals surface area contributed by atoms with Crippen molar-refractivity contribution in [1.29, 1.82) is 0 Å². The van der Waals surface area contributed by atoms with Crippen LogP contribution in [0.5, 0.6) is 0 Å². The molecule has 10 nitrogen and oxygen atoms in total. The minimum atomic E-state index is -1.63. The molecule has 3 rings (SSSR count). The quantitative estimate of drug-likeness (QED) is 0.473. The first-order valence-corrected chi connectivity index (χ1v) is 6.05. The maximum Gasteiger partial charge on any atom is 0.167 e. The average molecular weight is 294 g/mol. The molecular formula is C10H11FN8O2. The number of nitrogen functional groups attached to an aromatic ring is 1. The Hall–Kier alpha value is -2.49. The number of nitrogens with zero attached hydrogens (tertiary/aromatic N) is 7. The molecule has 0 saturated carbocycles. The van der Waals surface area contributed by atoms with Gasteiger partial charge in [-0.3, -0.25) is 4.57 Å². The summed E-state index contributed by atoms with van der Waals surface area (Å²) in [5.41, 5.74) is 14.9. The zero-order chi connectivity index (χ0) is 15.0. The molecular weight excluding hydrogens is 283 g/mol. The van der Waals surface area contributed by atoms with E-state index in [1.165, 1.54) is 17.2 Å². The van der Waals surface area contributed by atoms with Gasteiger partial charge in [0.15, 0.2) is 11.5 Å². The van der Waals surface area contributed by atoms with Gasteiger partial charge in [0.1, 0.15) is 36.4 Å². The van der Waals surface area contributed by atoms with Crippen molar-refractivity contribution in [3.63, 3.8) is 0 Å². The molecule has 11 heteroatoms. The van der Waals surface area contributed by atoms with Gasteiger partial charge in [-0.05, 0) is 5.53 Å². The molecule has 0 spiro atoms. The Morgan fingerprint density at radius 3 is 3.05 bits per heavy atom. The van der Waals surface area contributed by atoms with Crippen LogP contribution in [0.15, 0.2) is 17.8 Å². The van der Waals surface area contributed by atoms with Gasteiger partial charge < -0.3 is 15.6 Å². The molecule has 3 heterocycles. The molecule has 21 heavy (non-hydrogen) atoms. The lowest BCUT2D eigenvalue weighted by molar-refractivity contribution is -0.0337. The molecule has 0 amide bonds. The number of alkyl halides is 1. The Bertz CT molecular complexity index is 714. The summed E-state index contributed by atoms with van der Waals surface area (Å²) >= 11 is 0. The molecule has 1 saturated heterocycles. The van der Waals surface area contributed by atoms with Gasteiger partial charge >= 0.3 is 0 Å². The van der Waals surface area contributed by atoms with Gasteiger partial charge in [0.2, 0.25) is 0 Å². The van der Waals surface area contributed by atoms with Gasteiger partial charge in [0.25, 0.3) is 0 Å². The maximum atomic E-state index is 14.1. The van der Waals surface area contributed by atoms with Crippen LogP contribution in [-0.2, 0) is 4.74 Å². The van der Waals surface area contributed by atoms with Crippen molar-refractivity contribution in [2.75, 3.05) is 12.3 Å². The number of aromatic nitrogens is 4. The topological polar surface area (TPSA) is 148 Å². The number of ether oxygens (including phenoxy) is 1. The molecule has 0 bridgehead atoms. The number of anilines is 1. The third-order valence-corrected chi connectivity index (χ3v) is 3.31. The normalized spacial score (nSPS) is 28.7. The number of halogens is 1. The fourth-order valence-electron chi connectivity index (χ4n) is 2.32. The SMILES string of the molecule is [N-]=[N+]=N[C@@H]1[C@H](F)[C@@H](CO)O[C@@H]1n1cnc2c(N)ncnc21. The van der Waals surface area contributed by atoms with E-state index in [-0.39, 0.29) is 5.82 Å². The summed E-state index contributed by atoms with van der Waals surface area (Å²) in [4.78, 5) is 14.5. The van der Waals surface area contributed by atoms with Crippen LogP contribution in [0.1, 0.15) is 6.23 Å². The second-order valence-electron chi connectivity index (χ2n) is 4.47. The zero-order valence-corrected chi connectivity index (χ0v) is 10.6. The number of aliphatic hydroxyl groups is 1. The highest BCUT2D eigenvalue weighted by Gasteiger charge is 2.45. The lowest BCUT2D eigenvalue weighted by atomic mass is 10.1. The highest BCUT2D eigenvalue weighted by atomic mass is 19.1. The van der Waals surface area contributed by atoms with Crippen molar-refractivity contribution in [2.45, 2.75) is 24.5 Å². The number of azide groups is 1. The minimum absolute atomic E-state index is 0.174. The molecule has 0 unspecified atom stereocenters. The highest BCUT2D eigenvalue weighted by Crippen LogP contribution is 2.35. The van der Waals surface area contributed by atoms with E-state index < -0.39 is 31.2 Å². The van der Waals surface area contributed by atoms with Crippen LogP contribution in [0.25, 0.3) is 21.6 Å². The smallest absolute Gasteiger partial charge is 0.167 e. The molecule has 1 aliphatic rings. The van der Waals surface area contributed by atoms with Crippen molar-refractivity contribution >= 4 is 17.0 Å². The standard InChI is InChI=1S/C10H11FN8O2/c11-5-4(1-20)21-10(6(5)17-18-13)19-3-16-7-8(12)14-2-15-9(7)19/h2-6,10,20H,1H2,(H2,12,14,15)/t4-,5-,6-,10+/m1/s1. The summed E-state index contributed by atoms with van der Waals surface area (Å²) in [6.45, 7) is -0.529. The monoisotopic (exact) mass is 294 g/mol. The van der Waals surface area contributed by atoms with Crippen LogP contribution in [0, 0.1) is 0 Å². The summed E-state index contributed by atoms with van der Waals surface area (Å²) in [5.74, 6) is 0.174. The molecule has 110 valence electrons. The number of hydrogen-bond acceptors (Lipinski definition) is 7. The Balaban J connectivity index is 2.08. The Morgan fingerprint density at radius 2 is 2.33 bits per heavy atom. The van der Waals surface area contributed by atoms with Gasteiger partial charge in [-0.25, -0.2) is 19.3 Å². The van der Waals surface area contributed by atoms with Crippen LogP contribution in [0.4, 0.5) is 10.2 Å². The fraction of sp³-hybridized carbons (Fsp3) is 0.500. The first-order valence-electron chi connectivity index (χ1n) is 6.05. The van der Waals surface area contributed by atoms with Crippen LogP contribution in [0.2, 0.25) is 0 Å². The summed E-state index contributed by atoms with van der Waals surface area (Å²) in [5, 5.41) is 12.5. The molecule has 0 aliphatic carbocycles. The maximum absolute atomic E-state index is 14.1. The lowest BCUT2D eigenvalue weighted by Crippen LogP contribution is -2.28. The second-order valence-corrected chi connectivity index (χ2v) is 4.47. The summed E-state index contributed by atoms with van der Waals surface area (Å²) < 4.78 is 20.9. The lowest BCUT2D eigenvalue weighted by Gasteiger charge is -2.16. The van der Waals surface area contributed by atoms with Crippen molar-refractivity contribution in [3.05, 3.63) is 23.1 Å². The van der Waals surface area contributed by atoms with E-state index in [2.05, 4.69) is 25.0 Å². The van der Waals surface area contributed by atoms with E-state index in [1.54, 1.807) is 0 Å². The van der Waals surface area contributed by atoms with E-state index in [0.717, 1.165) is 0 Å². The Labute approximate surface area is 117 Å². The fourth-order valence-corrected chi connectivity index (χ4v) is 2.32. The first kappa shape index (κ1) is 13.5. The molecule has 4 atom stereocenters. The second kappa shape index (κ2) is 5.13. The summed E-state index contributed by atoms with van der Waals surface area (Å²) in [7, 11) is 0. The molecule has 1 aliphatic heterocycles. The third-order valence-electron chi connectivity index (χ3n) is 3.31. The van der Waals surface area contributed by atoms with Crippen LogP contribution >= 0.6 is 0 Å². The van der Waals surface area contributed by atoms with Crippen LogP contribution < -0.4 is 5.73 Å². The van der Waals surface area contributed by atoms with Crippen molar-refractivity contribution in [3.8, 4) is 0 Å². The van der Waals surface area contributed by atoms with Crippen LogP contribution in [-0.4, -0.2) is 49.5 Å². The predicted octanol–water partition coefficient (Wildman–Crippen LogP) is 0.315. The highest BCUT2D eigenvalue weighted by molar-refractivity contribution is 5.81. The molecule has 2 aromatic rings. The van der Waals surface area contributed by atoms with Gasteiger partial charge in [0.05, 0.1) is 12.9 Å². The van der Waals surface area contributed by atoms with Crippen molar-refractivity contribution in [2.24, 2.45) is 5.11 Å². The number of fused-ring (bicyclic) bond motifs is 1. The zero-order valence-electron chi connectivity index (χ0n) is 10.6. The number of imidazole rings is 1. The predicted molar refractivity (Wildman–Crippen MR) is 68.6 cm³/mol. The Morgan fingerprint density at radius 1 is 1.52 bits per heavy atom. The van der Waals surface area contributed by atoms with E-state index in [0.29, 0.717) is 11.2 Å². The minimum Gasteiger partial charge on any atom is -0.394 e. The van der Waals surface area contributed by atoms with Crippen molar-refractivity contribution in [1.82, 2.24) is 19.5 Å². The van der Waals surface area contributed by atoms with E-state index in [4.69, 9.17) is 21.1 Å². The number of hydrogen-bond donors (Lipinski definition) is 2. The summed E-state index contributed by atoms with van der Waals surface area (Å²) in [6.07, 6.45) is -1.08. The van der Waals surface area contributed by atoms with E-state index >= 15 is 0 Å². The van der Waals surface area contributed by atoms with E-state index in [9.17, 15) is 4.39 Å². The third kappa shape index (κ3) is 2.03.